The number of hydrogen-bond donors (Lipinski definition) is 1. The average Bonchev–Trinajstić information content (AvgIpc) is 3.00. The minimum absolute atomic E-state index is 0.0470. The number of carbonyl (C=O) groups excluding carboxylic acids is 1. The molecule has 1 unspecified atom stereocenters. The molecule has 128 valence electrons. The molecule has 0 aliphatic carbocycles. The van der Waals surface area contributed by atoms with Gasteiger partial charge in [0.1, 0.15) is 6.54 Å². The molecule has 1 saturated heterocycles. The van der Waals surface area contributed by atoms with Crippen LogP contribution in [0, 0.1) is 5.92 Å². The molecule has 1 aliphatic heterocycles. The van der Waals surface area contributed by atoms with Crippen molar-refractivity contribution in [2.45, 2.75) is 31.9 Å². The van der Waals surface area contributed by atoms with Crippen LogP contribution in [0.5, 0.6) is 0 Å². The Bertz CT molecular complexity index is 666. The maximum atomic E-state index is 12.3. The molecule has 2 aromatic rings. The largest absolute Gasteiger partial charge is 0.392 e. The fourth-order valence-corrected chi connectivity index (χ4v) is 3.38. The van der Waals surface area contributed by atoms with Crippen LogP contribution in [0.2, 0.25) is 5.02 Å². The molecule has 24 heavy (non-hydrogen) atoms. The molecule has 6 heteroatoms. The Morgan fingerprint density at radius 1 is 1.29 bits per heavy atom. The molecule has 0 spiro atoms. The second kappa shape index (κ2) is 7.81. The number of benzene rings is 1. The van der Waals surface area contributed by atoms with Gasteiger partial charge in [0.2, 0.25) is 5.91 Å². The minimum atomic E-state index is -0.352. The van der Waals surface area contributed by atoms with Crippen LogP contribution in [0.1, 0.15) is 18.4 Å². The summed E-state index contributed by atoms with van der Waals surface area (Å²) in [5.41, 5.74) is 1.15. The van der Waals surface area contributed by atoms with Gasteiger partial charge in [-0.2, -0.15) is 5.10 Å². The number of aliphatic hydroxyl groups excluding tert-OH is 1. The molecule has 1 atom stereocenters. The normalized spacial score (nSPS) is 17.0. The molecule has 1 aromatic heterocycles. The molecular formula is C18H22ClN3O2. The Kier molecular flexibility index (Phi) is 5.53. The van der Waals surface area contributed by atoms with Crippen molar-refractivity contribution >= 4 is 17.5 Å². The van der Waals surface area contributed by atoms with E-state index in [1.807, 2.05) is 35.2 Å². The van der Waals surface area contributed by atoms with Gasteiger partial charge < -0.3 is 10.0 Å². The van der Waals surface area contributed by atoms with E-state index in [4.69, 9.17) is 11.6 Å². The summed E-state index contributed by atoms with van der Waals surface area (Å²) in [6, 6.07) is 10.0. The van der Waals surface area contributed by atoms with E-state index in [2.05, 4.69) is 5.10 Å². The summed E-state index contributed by atoms with van der Waals surface area (Å²) >= 11 is 5.81. The number of aromatic nitrogens is 2. The molecule has 0 bridgehead atoms. The SMILES string of the molecule is O=C(Cn1cc(Cl)cn1)N1CCC(C(O)Cc2ccccc2)CC1. The van der Waals surface area contributed by atoms with Crippen LogP contribution >= 0.6 is 11.6 Å². The molecule has 5 nitrogen and oxygen atoms in total. The van der Waals surface area contributed by atoms with Gasteiger partial charge in [0.05, 0.1) is 17.3 Å². The number of likely N-dealkylation sites (tertiary alicyclic amines) is 1. The summed E-state index contributed by atoms with van der Waals surface area (Å²) in [5, 5.41) is 15.0. The Labute approximate surface area is 146 Å². The third-order valence-electron chi connectivity index (χ3n) is 4.62. The van der Waals surface area contributed by atoms with Gasteiger partial charge >= 0.3 is 0 Å². The van der Waals surface area contributed by atoms with E-state index in [9.17, 15) is 9.90 Å². The van der Waals surface area contributed by atoms with Gasteiger partial charge in [-0.1, -0.05) is 41.9 Å². The van der Waals surface area contributed by atoms with Crippen molar-refractivity contribution in [1.82, 2.24) is 14.7 Å². The lowest BCUT2D eigenvalue weighted by molar-refractivity contribution is -0.134. The molecule has 3 rings (SSSR count). The standard InChI is InChI=1S/C18H22ClN3O2/c19-16-11-20-22(12-16)13-18(24)21-8-6-15(7-9-21)17(23)10-14-4-2-1-3-5-14/h1-5,11-12,15,17,23H,6-10,13H2. The van der Waals surface area contributed by atoms with E-state index in [0.29, 0.717) is 24.5 Å². The maximum Gasteiger partial charge on any atom is 0.244 e. The zero-order valence-corrected chi connectivity index (χ0v) is 14.3. The highest BCUT2D eigenvalue weighted by molar-refractivity contribution is 6.30. The lowest BCUT2D eigenvalue weighted by Gasteiger charge is -2.34. The Hall–Kier alpha value is -1.85. The van der Waals surface area contributed by atoms with E-state index in [1.54, 1.807) is 10.9 Å². The predicted octanol–water partition coefficient (Wildman–Crippen LogP) is 2.38. The predicted molar refractivity (Wildman–Crippen MR) is 92.7 cm³/mol. The highest BCUT2D eigenvalue weighted by Gasteiger charge is 2.27. The molecule has 2 heterocycles. The molecule has 0 saturated carbocycles. The lowest BCUT2D eigenvalue weighted by atomic mass is 9.88. The number of rotatable bonds is 5. The van der Waals surface area contributed by atoms with Crippen molar-refractivity contribution < 1.29 is 9.90 Å². The fraction of sp³-hybridized carbons (Fsp3) is 0.444. The van der Waals surface area contributed by atoms with Crippen molar-refractivity contribution in [2.75, 3.05) is 13.1 Å². The smallest absolute Gasteiger partial charge is 0.244 e. The molecule has 1 amide bonds. The molecule has 1 fully saturated rings. The summed E-state index contributed by atoms with van der Waals surface area (Å²) in [6.45, 7) is 1.58. The van der Waals surface area contributed by atoms with Crippen molar-refractivity contribution in [3.05, 3.63) is 53.3 Å². The Morgan fingerprint density at radius 2 is 2.00 bits per heavy atom. The summed E-state index contributed by atoms with van der Waals surface area (Å²) in [7, 11) is 0. The van der Waals surface area contributed by atoms with Gasteiger partial charge in [0.25, 0.3) is 0 Å². The topological polar surface area (TPSA) is 58.4 Å². The first-order valence-corrected chi connectivity index (χ1v) is 8.67. The van der Waals surface area contributed by atoms with Crippen molar-refractivity contribution in [1.29, 1.82) is 0 Å². The van der Waals surface area contributed by atoms with Crippen LogP contribution in [0.25, 0.3) is 0 Å². The van der Waals surface area contributed by atoms with Gasteiger partial charge in [-0.15, -0.1) is 0 Å². The summed E-state index contributed by atoms with van der Waals surface area (Å²) in [5.74, 6) is 0.291. The second-order valence-electron chi connectivity index (χ2n) is 6.33. The molecular weight excluding hydrogens is 326 g/mol. The highest BCUT2D eigenvalue weighted by Crippen LogP contribution is 2.23. The number of halogens is 1. The van der Waals surface area contributed by atoms with Gasteiger partial charge in [0.15, 0.2) is 0 Å². The third-order valence-corrected chi connectivity index (χ3v) is 4.82. The Balaban J connectivity index is 1.47. The molecule has 0 radical (unpaired) electrons. The first kappa shape index (κ1) is 17.0. The maximum absolute atomic E-state index is 12.3. The van der Waals surface area contributed by atoms with Gasteiger partial charge in [-0.25, -0.2) is 0 Å². The number of piperidine rings is 1. The van der Waals surface area contributed by atoms with Crippen molar-refractivity contribution in [3.63, 3.8) is 0 Å². The first-order chi connectivity index (χ1) is 11.6. The molecule has 1 aliphatic rings. The molecule has 1 aromatic carbocycles. The third kappa shape index (κ3) is 4.36. The minimum Gasteiger partial charge on any atom is -0.392 e. The van der Waals surface area contributed by atoms with Crippen molar-refractivity contribution in [2.24, 2.45) is 5.92 Å². The van der Waals surface area contributed by atoms with E-state index < -0.39 is 0 Å². The first-order valence-electron chi connectivity index (χ1n) is 8.29. The monoisotopic (exact) mass is 347 g/mol. The summed E-state index contributed by atoms with van der Waals surface area (Å²) < 4.78 is 1.56. The average molecular weight is 348 g/mol. The number of hydrogen-bond acceptors (Lipinski definition) is 3. The van der Waals surface area contributed by atoms with Gasteiger partial charge in [-0.05, 0) is 30.7 Å². The molecule has 1 N–H and O–H groups in total. The zero-order chi connectivity index (χ0) is 16.9. The zero-order valence-electron chi connectivity index (χ0n) is 13.5. The highest BCUT2D eigenvalue weighted by atomic mass is 35.5. The Morgan fingerprint density at radius 3 is 2.62 bits per heavy atom. The summed E-state index contributed by atoms with van der Waals surface area (Å²) in [6.07, 6.45) is 5.16. The van der Waals surface area contributed by atoms with E-state index in [1.165, 1.54) is 6.20 Å². The van der Waals surface area contributed by atoms with E-state index in [0.717, 1.165) is 18.4 Å². The van der Waals surface area contributed by atoms with Crippen LogP contribution in [0.15, 0.2) is 42.7 Å². The van der Waals surface area contributed by atoms with E-state index in [-0.39, 0.29) is 24.5 Å². The fourth-order valence-electron chi connectivity index (χ4n) is 3.22. The quantitative estimate of drug-likeness (QED) is 0.903. The number of aliphatic hydroxyl groups is 1. The lowest BCUT2D eigenvalue weighted by Crippen LogP contribution is -2.43. The van der Waals surface area contributed by atoms with Gasteiger partial charge in [-0.3, -0.25) is 9.48 Å². The number of amides is 1. The second-order valence-corrected chi connectivity index (χ2v) is 6.77. The van der Waals surface area contributed by atoms with Crippen LogP contribution in [0.3, 0.4) is 0 Å². The van der Waals surface area contributed by atoms with Crippen LogP contribution in [-0.2, 0) is 17.8 Å². The van der Waals surface area contributed by atoms with E-state index >= 15 is 0 Å². The van der Waals surface area contributed by atoms with Gasteiger partial charge in [0, 0.05) is 19.3 Å². The number of nitrogens with zero attached hydrogens (tertiary/aromatic N) is 3. The number of carbonyl (C=O) groups is 1. The van der Waals surface area contributed by atoms with Crippen LogP contribution < -0.4 is 0 Å². The van der Waals surface area contributed by atoms with Crippen molar-refractivity contribution in [3.8, 4) is 0 Å². The van der Waals surface area contributed by atoms with Crippen LogP contribution in [-0.4, -0.2) is 44.9 Å². The van der Waals surface area contributed by atoms with Crippen LogP contribution in [0.4, 0.5) is 0 Å². The summed E-state index contributed by atoms with van der Waals surface area (Å²) in [4.78, 5) is 14.2.